The van der Waals surface area contributed by atoms with Gasteiger partial charge in [-0.3, -0.25) is 0 Å². The van der Waals surface area contributed by atoms with Crippen LogP contribution in [0.1, 0.15) is 6.92 Å². The molecule has 0 aliphatic carbocycles. The van der Waals surface area contributed by atoms with Crippen LogP contribution in [0.4, 0.5) is 0 Å². The van der Waals surface area contributed by atoms with E-state index in [0.717, 1.165) is 0 Å². The standard InChI is InChI=1S/C5H8OS/c1-3-5(7)6-4-2/h3H,1,4H2,2H3. The molecule has 0 heterocycles. The van der Waals surface area contributed by atoms with E-state index in [-0.39, 0.29) is 0 Å². The molecule has 0 aromatic heterocycles. The number of hydrogen-bond donors (Lipinski definition) is 0. The summed E-state index contributed by atoms with van der Waals surface area (Å²) in [6.45, 7) is 5.93. The van der Waals surface area contributed by atoms with E-state index in [1.165, 1.54) is 6.08 Å². The Morgan fingerprint density at radius 2 is 2.57 bits per heavy atom. The lowest BCUT2D eigenvalue weighted by atomic mass is 10.7. The first-order valence-corrected chi connectivity index (χ1v) is 2.51. The Bertz CT molecular complexity index is 78.1. The highest BCUT2D eigenvalue weighted by molar-refractivity contribution is 7.80. The molecule has 0 spiro atoms. The molecule has 0 aliphatic heterocycles. The lowest BCUT2D eigenvalue weighted by molar-refractivity contribution is 0.339. The van der Waals surface area contributed by atoms with Gasteiger partial charge in [-0.05, 0) is 25.2 Å². The molecule has 7 heavy (non-hydrogen) atoms. The van der Waals surface area contributed by atoms with Crippen LogP contribution in [0.2, 0.25) is 0 Å². The van der Waals surface area contributed by atoms with E-state index < -0.39 is 0 Å². The molecule has 0 aromatic rings. The summed E-state index contributed by atoms with van der Waals surface area (Å²) in [5.74, 6) is 0. The smallest absolute Gasteiger partial charge is 0.183 e. The Hall–Kier alpha value is -0.370. The van der Waals surface area contributed by atoms with E-state index in [4.69, 9.17) is 4.74 Å². The van der Waals surface area contributed by atoms with Crippen molar-refractivity contribution in [3.8, 4) is 0 Å². The fourth-order valence-electron chi connectivity index (χ4n) is 0.201. The van der Waals surface area contributed by atoms with Gasteiger partial charge in [-0.2, -0.15) is 0 Å². The first kappa shape index (κ1) is 6.63. The summed E-state index contributed by atoms with van der Waals surface area (Å²) in [4.78, 5) is 0. The van der Waals surface area contributed by atoms with Crippen molar-refractivity contribution >= 4 is 17.3 Å². The average molecular weight is 116 g/mol. The molecule has 2 heteroatoms. The Morgan fingerprint density at radius 1 is 2.00 bits per heavy atom. The van der Waals surface area contributed by atoms with Crippen LogP contribution < -0.4 is 0 Å². The van der Waals surface area contributed by atoms with E-state index in [0.29, 0.717) is 11.7 Å². The zero-order chi connectivity index (χ0) is 5.70. The van der Waals surface area contributed by atoms with Crippen molar-refractivity contribution < 1.29 is 4.74 Å². The average Bonchev–Trinajstić information content (AvgIpc) is 1.68. The van der Waals surface area contributed by atoms with E-state index >= 15 is 0 Å². The van der Waals surface area contributed by atoms with Crippen molar-refractivity contribution in [2.24, 2.45) is 0 Å². The number of ether oxygens (including phenoxy) is 1. The lowest BCUT2D eigenvalue weighted by Crippen LogP contribution is -1.94. The Morgan fingerprint density at radius 3 is 2.71 bits per heavy atom. The Kier molecular flexibility index (Phi) is 3.61. The molecule has 0 rings (SSSR count). The van der Waals surface area contributed by atoms with Gasteiger partial charge >= 0.3 is 0 Å². The summed E-state index contributed by atoms with van der Waals surface area (Å²) >= 11 is 4.61. The summed E-state index contributed by atoms with van der Waals surface area (Å²) in [5, 5.41) is 0.475. The third-order valence-corrected chi connectivity index (χ3v) is 0.738. The number of thiocarbonyl (C=S) groups is 1. The summed E-state index contributed by atoms with van der Waals surface area (Å²) < 4.78 is 4.80. The molecule has 0 aromatic carbocycles. The zero-order valence-electron chi connectivity index (χ0n) is 4.31. The van der Waals surface area contributed by atoms with Gasteiger partial charge in [0.1, 0.15) is 0 Å². The normalized spacial score (nSPS) is 7.57. The molecule has 0 N–H and O–H groups in total. The molecule has 0 atom stereocenters. The SMILES string of the molecule is C=CC(=S)OCC. The molecular weight excluding hydrogens is 108 g/mol. The van der Waals surface area contributed by atoms with Crippen LogP contribution in [0, 0.1) is 0 Å². The first-order valence-electron chi connectivity index (χ1n) is 2.10. The quantitative estimate of drug-likeness (QED) is 0.400. The third-order valence-electron chi connectivity index (χ3n) is 0.453. The summed E-state index contributed by atoms with van der Waals surface area (Å²) in [5.41, 5.74) is 0. The second-order valence-electron chi connectivity index (χ2n) is 0.956. The van der Waals surface area contributed by atoms with Gasteiger partial charge in [0.2, 0.25) is 0 Å². The molecular formula is C5H8OS. The fourth-order valence-corrected chi connectivity index (χ4v) is 0.319. The van der Waals surface area contributed by atoms with Crippen LogP contribution in [0.25, 0.3) is 0 Å². The van der Waals surface area contributed by atoms with Gasteiger partial charge < -0.3 is 4.74 Å². The number of hydrogen-bond acceptors (Lipinski definition) is 2. The van der Waals surface area contributed by atoms with Crippen molar-refractivity contribution in [3.63, 3.8) is 0 Å². The lowest BCUT2D eigenvalue weighted by Gasteiger charge is -1.94. The van der Waals surface area contributed by atoms with E-state index in [9.17, 15) is 0 Å². The minimum atomic E-state index is 0.475. The van der Waals surface area contributed by atoms with Crippen LogP contribution >= 0.6 is 12.2 Å². The molecule has 0 unspecified atom stereocenters. The molecule has 0 amide bonds. The maximum atomic E-state index is 4.80. The van der Waals surface area contributed by atoms with Crippen molar-refractivity contribution in [2.75, 3.05) is 6.61 Å². The van der Waals surface area contributed by atoms with Crippen LogP contribution in [0.5, 0.6) is 0 Å². The van der Waals surface area contributed by atoms with Crippen LogP contribution in [-0.4, -0.2) is 11.7 Å². The van der Waals surface area contributed by atoms with Gasteiger partial charge in [-0.15, -0.1) is 0 Å². The second-order valence-corrected chi connectivity index (χ2v) is 1.36. The third kappa shape index (κ3) is 3.46. The molecule has 0 radical (unpaired) electrons. The van der Waals surface area contributed by atoms with Crippen LogP contribution in [0.3, 0.4) is 0 Å². The Balaban J connectivity index is 3.17. The monoisotopic (exact) mass is 116 g/mol. The predicted octanol–water partition coefficient (Wildman–Crippen LogP) is 1.54. The summed E-state index contributed by atoms with van der Waals surface area (Å²) in [6, 6.07) is 0. The largest absolute Gasteiger partial charge is 0.484 e. The van der Waals surface area contributed by atoms with Crippen molar-refractivity contribution in [2.45, 2.75) is 6.92 Å². The minimum absolute atomic E-state index is 0.475. The van der Waals surface area contributed by atoms with Crippen LogP contribution in [-0.2, 0) is 4.74 Å². The van der Waals surface area contributed by atoms with E-state index in [1.54, 1.807) is 0 Å². The zero-order valence-corrected chi connectivity index (χ0v) is 5.12. The fraction of sp³-hybridized carbons (Fsp3) is 0.400. The molecule has 0 fully saturated rings. The maximum Gasteiger partial charge on any atom is 0.183 e. The van der Waals surface area contributed by atoms with E-state index in [1.807, 2.05) is 6.92 Å². The molecule has 1 nitrogen and oxygen atoms in total. The molecule has 0 bridgehead atoms. The highest BCUT2D eigenvalue weighted by Crippen LogP contribution is 1.79. The van der Waals surface area contributed by atoms with Gasteiger partial charge in [-0.25, -0.2) is 0 Å². The van der Waals surface area contributed by atoms with E-state index in [2.05, 4.69) is 18.8 Å². The van der Waals surface area contributed by atoms with Gasteiger partial charge in [0.15, 0.2) is 5.05 Å². The highest BCUT2D eigenvalue weighted by atomic mass is 32.1. The molecule has 0 saturated heterocycles. The van der Waals surface area contributed by atoms with Crippen LogP contribution in [0.15, 0.2) is 12.7 Å². The molecule has 0 saturated carbocycles. The minimum Gasteiger partial charge on any atom is -0.484 e. The summed E-state index contributed by atoms with van der Waals surface area (Å²) in [6.07, 6.45) is 1.51. The maximum absolute atomic E-state index is 4.80. The van der Waals surface area contributed by atoms with Gasteiger partial charge in [0, 0.05) is 0 Å². The van der Waals surface area contributed by atoms with Crippen molar-refractivity contribution in [3.05, 3.63) is 12.7 Å². The Labute approximate surface area is 49.0 Å². The van der Waals surface area contributed by atoms with Gasteiger partial charge in [0.25, 0.3) is 0 Å². The predicted molar refractivity (Wildman–Crippen MR) is 34.4 cm³/mol. The highest BCUT2D eigenvalue weighted by Gasteiger charge is 1.80. The molecule has 40 valence electrons. The summed E-state index contributed by atoms with van der Waals surface area (Å²) in [7, 11) is 0. The first-order chi connectivity index (χ1) is 3.31. The van der Waals surface area contributed by atoms with Gasteiger partial charge in [0.05, 0.1) is 6.61 Å². The van der Waals surface area contributed by atoms with Gasteiger partial charge in [-0.1, -0.05) is 6.58 Å². The van der Waals surface area contributed by atoms with Crippen molar-refractivity contribution in [1.29, 1.82) is 0 Å². The topological polar surface area (TPSA) is 9.23 Å². The van der Waals surface area contributed by atoms with Crippen molar-refractivity contribution in [1.82, 2.24) is 0 Å². The number of rotatable bonds is 2. The molecule has 0 aliphatic rings. The second kappa shape index (κ2) is 3.81.